The van der Waals surface area contributed by atoms with E-state index >= 15 is 0 Å². The smallest absolute Gasteiger partial charge is 0.347 e. The van der Waals surface area contributed by atoms with Gasteiger partial charge in [0.2, 0.25) is 0 Å². The molecule has 0 amide bonds. The molecule has 1 atom stereocenters. The van der Waals surface area contributed by atoms with Crippen LogP contribution in [-0.4, -0.2) is 11.0 Å². The maximum absolute atomic E-state index is 15.0. The summed E-state index contributed by atoms with van der Waals surface area (Å²) < 4.78 is 83.5. The molecule has 8 heteroatoms. The minimum atomic E-state index is -4.67. The van der Waals surface area contributed by atoms with Gasteiger partial charge >= 0.3 is 6.18 Å². The molecule has 162 valence electrons. The molecule has 1 aromatic heterocycles. The van der Waals surface area contributed by atoms with E-state index in [1.54, 1.807) is 4.57 Å². The molecule has 2 nitrogen and oxygen atoms in total. The van der Waals surface area contributed by atoms with Crippen LogP contribution in [0.15, 0.2) is 42.6 Å². The number of fused-ring (bicyclic) bond motifs is 1. The van der Waals surface area contributed by atoms with Crippen LogP contribution < -0.4 is 5.73 Å². The van der Waals surface area contributed by atoms with E-state index in [4.69, 9.17) is 5.73 Å². The molecule has 0 aliphatic carbocycles. The van der Waals surface area contributed by atoms with Crippen molar-refractivity contribution < 1.29 is 26.3 Å². The van der Waals surface area contributed by atoms with Gasteiger partial charge in [-0.2, -0.15) is 13.2 Å². The molecule has 0 bridgehead atoms. The van der Waals surface area contributed by atoms with Gasteiger partial charge in [0.05, 0.1) is 11.6 Å². The molecule has 0 aliphatic heterocycles. The predicted octanol–water partition coefficient (Wildman–Crippen LogP) is 6.78. The molecule has 2 aromatic carbocycles. The third-order valence-corrected chi connectivity index (χ3v) is 4.80. The molecule has 0 spiro atoms. The standard InChI is InChI=1S/C22H22F6N2/c1-21(2,3)11-30-10-15(19(29)20(24)25)14-8-17(23)13(9-18(14)30)12-6-4-5-7-16(12)22(26,27)28/h4-10,19-20H,11,29H2,1-3H3/t19-/m0/s1. The highest BCUT2D eigenvalue weighted by atomic mass is 19.4. The fourth-order valence-electron chi connectivity index (χ4n) is 3.55. The zero-order valence-corrected chi connectivity index (χ0v) is 16.7. The van der Waals surface area contributed by atoms with Crippen molar-refractivity contribution in [3.63, 3.8) is 0 Å². The van der Waals surface area contributed by atoms with Crippen molar-refractivity contribution in [2.75, 3.05) is 0 Å². The zero-order chi connectivity index (χ0) is 22.4. The summed E-state index contributed by atoms with van der Waals surface area (Å²) in [7, 11) is 0. The lowest BCUT2D eigenvalue weighted by atomic mass is 9.96. The van der Waals surface area contributed by atoms with Gasteiger partial charge < -0.3 is 10.3 Å². The molecule has 0 radical (unpaired) electrons. The van der Waals surface area contributed by atoms with E-state index in [1.807, 2.05) is 20.8 Å². The van der Waals surface area contributed by atoms with Gasteiger partial charge in [0.15, 0.2) is 0 Å². The summed E-state index contributed by atoms with van der Waals surface area (Å²) in [5.41, 5.74) is 4.23. The number of alkyl halides is 5. The molecule has 3 aromatic rings. The molecule has 30 heavy (non-hydrogen) atoms. The van der Waals surface area contributed by atoms with Crippen molar-refractivity contribution >= 4 is 10.9 Å². The van der Waals surface area contributed by atoms with Crippen LogP contribution in [-0.2, 0) is 12.7 Å². The first-order valence-corrected chi connectivity index (χ1v) is 9.32. The summed E-state index contributed by atoms with van der Waals surface area (Å²) in [6.07, 6.45) is -6.10. The first-order valence-electron chi connectivity index (χ1n) is 9.32. The maximum Gasteiger partial charge on any atom is 0.417 e. The van der Waals surface area contributed by atoms with E-state index < -0.39 is 30.0 Å². The fourth-order valence-corrected chi connectivity index (χ4v) is 3.55. The van der Waals surface area contributed by atoms with Crippen molar-refractivity contribution in [3.05, 3.63) is 59.5 Å². The molecule has 0 unspecified atom stereocenters. The Morgan fingerprint density at radius 1 is 1.00 bits per heavy atom. The lowest BCUT2D eigenvalue weighted by Gasteiger charge is -2.20. The molecule has 0 fully saturated rings. The van der Waals surface area contributed by atoms with E-state index in [0.717, 1.165) is 12.1 Å². The Bertz CT molecular complexity index is 1060. The van der Waals surface area contributed by atoms with Crippen molar-refractivity contribution in [2.45, 2.75) is 46.0 Å². The molecular weight excluding hydrogens is 406 g/mol. The fraction of sp³-hybridized carbons (Fsp3) is 0.364. The largest absolute Gasteiger partial charge is 0.417 e. The highest BCUT2D eigenvalue weighted by molar-refractivity contribution is 5.89. The van der Waals surface area contributed by atoms with Crippen LogP contribution in [0.25, 0.3) is 22.0 Å². The lowest BCUT2D eigenvalue weighted by Crippen LogP contribution is -2.19. The number of nitrogens with two attached hydrogens (primary N) is 1. The van der Waals surface area contributed by atoms with Crippen LogP contribution >= 0.6 is 0 Å². The van der Waals surface area contributed by atoms with Crippen molar-refractivity contribution in [2.24, 2.45) is 11.1 Å². The van der Waals surface area contributed by atoms with Crippen molar-refractivity contribution in [3.8, 4) is 11.1 Å². The van der Waals surface area contributed by atoms with Gasteiger partial charge in [0, 0.05) is 34.8 Å². The summed E-state index contributed by atoms with van der Waals surface area (Å²) in [5.74, 6) is -0.935. The Labute approximate surface area is 170 Å². The van der Waals surface area contributed by atoms with Gasteiger partial charge in [-0.15, -0.1) is 0 Å². The number of rotatable bonds is 4. The van der Waals surface area contributed by atoms with E-state index in [0.29, 0.717) is 12.1 Å². The lowest BCUT2D eigenvalue weighted by molar-refractivity contribution is -0.137. The average molecular weight is 428 g/mol. The molecule has 3 rings (SSSR count). The predicted molar refractivity (Wildman–Crippen MR) is 105 cm³/mol. The summed E-state index contributed by atoms with van der Waals surface area (Å²) in [5, 5.41) is 0.165. The summed E-state index contributed by atoms with van der Waals surface area (Å²) in [4.78, 5) is 0. The monoisotopic (exact) mass is 428 g/mol. The molecule has 1 heterocycles. The maximum atomic E-state index is 15.0. The van der Waals surface area contributed by atoms with Gasteiger partial charge in [-0.3, -0.25) is 0 Å². The normalized spacial score (nSPS) is 14.0. The Hall–Kier alpha value is -2.48. The number of benzene rings is 2. The highest BCUT2D eigenvalue weighted by Gasteiger charge is 2.34. The van der Waals surface area contributed by atoms with Gasteiger partial charge in [-0.25, -0.2) is 13.2 Å². The Morgan fingerprint density at radius 3 is 2.20 bits per heavy atom. The minimum absolute atomic E-state index is 0.0545. The highest BCUT2D eigenvalue weighted by Crippen LogP contribution is 2.40. The molecule has 0 aliphatic rings. The number of nitrogens with zero attached hydrogens (tertiary/aromatic N) is 1. The SMILES string of the molecule is CC(C)(C)Cn1cc([C@H](N)C(F)F)c2cc(F)c(-c3ccccc3C(F)(F)F)cc21. The number of aromatic nitrogens is 1. The van der Waals surface area contributed by atoms with Crippen molar-refractivity contribution in [1.82, 2.24) is 4.57 Å². The Balaban J connectivity index is 2.31. The Kier molecular flexibility index (Phi) is 5.66. The summed E-state index contributed by atoms with van der Waals surface area (Å²) >= 11 is 0. The van der Waals surface area contributed by atoms with Crippen molar-refractivity contribution in [1.29, 1.82) is 0 Å². The second-order valence-electron chi connectivity index (χ2n) is 8.53. The number of hydrogen-bond donors (Lipinski definition) is 1. The number of halogens is 6. The van der Waals surface area contributed by atoms with Crippen LogP contribution in [0.3, 0.4) is 0 Å². The third kappa shape index (κ3) is 4.33. The quantitative estimate of drug-likeness (QED) is 0.457. The van der Waals surface area contributed by atoms with E-state index in [2.05, 4.69) is 0 Å². The first kappa shape index (κ1) is 22.2. The first-order chi connectivity index (χ1) is 13.8. The van der Waals surface area contributed by atoms with Gasteiger partial charge in [-0.05, 0) is 29.2 Å². The second kappa shape index (κ2) is 7.65. The average Bonchev–Trinajstić information content (AvgIpc) is 2.95. The minimum Gasteiger partial charge on any atom is -0.347 e. The summed E-state index contributed by atoms with van der Waals surface area (Å²) in [6, 6.07) is 5.32. The molecule has 2 N–H and O–H groups in total. The molecule has 0 saturated carbocycles. The second-order valence-corrected chi connectivity index (χ2v) is 8.53. The van der Waals surface area contributed by atoms with Crippen LogP contribution in [0.1, 0.15) is 37.9 Å². The van der Waals surface area contributed by atoms with Gasteiger partial charge in [0.1, 0.15) is 5.82 Å². The van der Waals surface area contributed by atoms with Crippen LogP contribution in [0.2, 0.25) is 0 Å². The Morgan fingerprint density at radius 2 is 1.63 bits per heavy atom. The van der Waals surface area contributed by atoms with Crippen LogP contribution in [0.4, 0.5) is 26.3 Å². The van der Waals surface area contributed by atoms with Gasteiger partial charge in [-0.1, -0.05) is 39.0 Å². The van der Waals surface area contributed by atoms with E-state index in [-0.39, 0.29) is 27.5 Å². The van der Waals surface area contributed by atoms with Crippen LogP contribution in [0.5, 0.6) is 0 Å². The third-order valence-electron chi connectivity index (χ3n) is 4.80. The van der Waals surface area contributed by atoms with E-state index in [1.165, 1.54) is 30.5 Å². The molecular formula is C22H22F6N2. The van der Waals surface area contributed by atoms with Gasteiger partial charge in [0.25, 0.3) is 6.43 Å². The van der Waals surface area contributed by atoms with Crippen LogP contribution in [0, 0.1) is 11.2 Å². The summed E-state index contributed by atoms with van der Waals surface area (Å²) in [6.45, 7) is 6.16. The van der Waals surface area contributed by atoms with E-state index in [9.17, 15) is 26.3 Å². The topological polar surface area (TPSA) is 30.9 Å². The number of hydrogen-bond acceptors (Lipinski definition) is 1. The molecule has 0 saturated heterocycles. The zero-order valence-electron chi connectivity index (χ0n) is 16.7.